The molecule has 1 saturated carbocycles. The van der Waals surface area contributed by atoms with E-state index in [2.05, 4.69) is 21.4 Å². The fraction of sp³-hybridized carbons (Fsp3) is 0.545. The summed E-state index contributed by atoms with van der Waals surface area (Å²) in [4.78, 5) is 15.2. The summed E-state index contributed by atoms with van der Waals surface area (Å²) < 4.78 is 1.76. The molecule has 1 aromatic carbocycles. The van der Waals surface area contributed by atoms with Crippen molar-refractivity contribution >= 4 is 11.6 Å². The van der Waals surface area contributed by atoms with Crippen LogP contribution in [0, 0.1) is 18.8 Å². The van der Waals surface area contributed by atoms with Gasteiger partial charge in [-0.3, -0.25) is 14.4 Å². The summed E-state index contributed by atoms with van der Waals surface area (Å²) in [5.41, 5.74) is 3.66. The van der Waals surface area contributed by atoms with Gasteiger partial charge >= 0.3 is 0 Å². The fourth-order valence-corrected chi connectivity index (χ4v) is 4.70. The third kappa shape index (κ3) is 4.08. The van der Waals surface area contributed by atoms with Crippen molar-refractivity contribution in [2.24, 2.45) is 18.9 Å². The summed E-state index contributed by atoms with van der Waals surface area (Å²) in [6.07, 6.45) is 8.69. The Kier molecular flexibility index (Phi) is 5.30. The third-order valence-electron chi connectivity index (χ3n) is 6.45. The van der Waals surface area contributed by atoms with Crippen LogP contribution in [-0.4, -0.2) is 33.7 Å². The summed E-state index contributed by atoms with van der Waals surface area (Å²) in [6, 6.07) is 8.05. The van der Waals surface area contributed by atoms with Gasteiger partial charge in [0.25, 0.3) is 5.91 Å². The number of piperidine rings is 1. The Morgan fingerprint density at radius 1 is 1.22 bits per heavy atom. The molecule has 144 valence electrons. The zero-order chi connectivity index (χ0) is 18.8. The first-order valence-electron chi connectivity index (χ1n) is 10.2. The minimum Gasteiger partial charge on any atom is -0.319 e. The molecule has 1 saturated heterocycles. The second-order valence-electron chi connectivity index (χ2n) is 8.25. The lowest BCUT2D eigenvalue weighted by Gasteiger charge is -2.41. The Labute approximate surface area is 161 Å². The predicted molar refractivity (Wildman–Crippen MR) is 108 cm³/mol. The van der Waals surface area contributed by atoms with Crippen molar-refractivity contribution in [3.8, 4) is 0 Å². The van der Waals surface area contributed by atoms with Crippen LogP contribution >= 0.6 is 0 Å². The van der Waals surface area contributed by atoms with Crippen molar-refractivity contribution in [2.75, 3.05) is 18.4 Å². The van der Waals surface area contributed by atoms with E-state index in [1.165, 1.54) is 50.8 Å². The first-order valence-corrected chi connectivity index (χ1v) is 10.2. The molecule has 0 spiro atoms. The number of aryl methyl sites for hydroxylation is 1. The van der Waals surface area contributed by atoms with Gasteiger partial charge in [-0.15, -0.1) is 0 Å². The number of likely N-dealkylation sites (tertiary alicyclic amines) is 1. The van der Waals surface area contributed by atoms with Crippen LogP contribution in [0.2, 0.25) is 0 Å². The Morgan fingerprint density at radius 3 is 2.81 bits per heavy atom. The minimum absolute atomic E-state index is 0.0704. The highest BCUT2D eigenvalue weighted by atomic mass is 16.1. The highest BCUT2D eigenvalue weighted by Crippen LogP contribution is 2.36. The summed E-state index contributed by atoms with van der Waals surface area (Å²) in [5.74, 6) is 1.77. The predicted octanol–water partition coefficient (Wildman–Crippen LogP) is 3.99. The molecular weight excluding hydrogens is 336 g/mol. The summed E-state index contributed by atoms with van der Waals surface area (Å²) in [6.45, 7) is 5.30. The second kappa shape index (κ2) is 7.85. The van der Waals surface area contributed by atoms with Gasteiger partial charge in [0.05, 0.1) is 17.6 Å². The molecule has 1 N–H and O–H groups in total. The van der Waals surface area contributed by atoms with Crippen molar-refractivity contribution in [3.63, 3.8) is 0 Å². The van der Waals surface area contributed by atoms with Crippen molar-refractivity contribution in [1.29, 1.82) is 0 Å². The molecule has 2 aromatic rings. The summed E-state index contributed by atoms with van der Waals surface area (Å²) in [7, 11) is 1.88. The van der Waals surface area contributed by atoms with E-state index in [4.69, 9.17) is 0 Å². The fourth-order valence-electron chi connectivity index (χ4n) is 4.70. The van der Waals surface area contributed by atoms with Gasteiger partial charge < -0.3 is 5.32 Å². The number of benzene rings is 1. The van der Waals surface area contributed by atoms with E-state index in [0.717, 1.165) is 29.8 Å². The maximum atomic E-state index is 12.6. The average molecular weight is 367 g/mol. The number of nitrogens with zero attached hydrogens (tertiary/aromatic N) is 3. The molecule has 5 nitrogen and oxygen atoms in total. The average Bonchev–Trinajstić information content (AvgIpc) is 3.00. The van der Waals surface area contributed by atoms with E-state index < -0.39 is 0 Å². The van der Waals surface area contributed by atoms with Crippen molar-refractivity contribution in [1.82, 2.24) is 14.7 Å². The maximum absolute atomic E-state index is 12.6. The molecule has 27 heavy (non-hydrogen) atoms. The molecule has 2 fully saturated rings. The van der Waals surface area contributed by atoms with Gasteiger partial charge in [0, 0.05) is 25.7 Å². The minimum atomic E-state index is -0.0704. The van der Waals surface area contributed by atoms with Crippen molar-refractivity contribution < 1.29 is 4.79 Å². The summed E-state index contributed by atoms with van der Waals surface area (Å²) in [5, 5.41) is 7.17. The van der Waals surface area contributed by atoms with E-state index in [1.807, 2.05) is 32.2 Å². The molecule has 0 radical (unpaired) electrons. The van der Waals surface area contributed by atoms with Crippen LogP contribution in [0.3, 0.4) is 0 Å². The van der Waals surface area contributed by atoms with Crippen LogP contribution < -0.4 is 5.32 Å². The van der Waals surface area contributed by atoms with Crippen LogP contribution in [0.5, 0.6) is 0 Å². The van der Waals surface area contributed by atoms with E-state index >= 15 is 0 Å². The van der Waals surface area contributed by atoms with Gasteiger partial charge in [-0.2, -0.15) is 5.10 Å². The molecule has 1 aliphatic heterocycles. The van der Waals surface area contributed by atoms with E-state index in [-0.39, 0.29) is 5.91 Å². The molecule has 2 aliphatic rings. The van der Waals surface area contributed by atoms with Crippen LogP contribution in [0.25, 0.3) is 0 Å². The van der Waals surface area contributed by atoms with E-state index in [9.17, 15) is 4.79 Å². The lowest BCUT2D eigenvalue weighted by molar-refractivity contribution is 0.0820. The third-order valence-corrected chi connectivity index (χ3v) is 6.45. The van der Waals surface area contributed by atoms with Crippen molar-refractivity contribution in [3.05, 3.63) is 47.3 Å². The smallest absolute Gasteiger partial charge is 0.255 e. The topological polar surface area (TPSA) is 50.2 Å². The lowest BCUT2D eigenvalue weighted by atomic mass is 9.75. The maximum Gasteiger partial charge on any atom is 0.255 e. The van der Waals surface area contributed by atoms with Crippen LogP contribution in [-0.2, 0) is 13.6 Å². The monoisotopic (exact) mass is 366 g/mol. The molecule has 0 bridgehead atoms. The molecule has 1 aromatic heterocycles. The molecule has 2 heterocycles. The van der Waals surface area contributed by atoms with Gasteiger partial charge in [0.1, 0.15) is 0 Å². The number of nitrogens with one attached hydrogen (secondary N) is 1. The zero-order valence-electron chi connectivity index (χ0n) is 16.4. The quantitative estimate of drug-likeness (QED) is 0.890. The Balaban J connectivity index is 1.40. The van der Waals surface area contributed by atoms with Crippen LogP contribution in [0.15, 0.2) is 30.5 Å². The Hall–Kier alpha value is -2.14. The molecule has 2 atom stereocenters. The molecule has 4 rings (SSSR count). The number of hydrogen-bond donors (Lipinski definition) is 1. The molecular formula is C22H30N4O. The highest BCUT2D eigenvalue weighted by Gasteiger charge is 2.30. The Bertz CT molecular complexity index is 812. The van der Waals surface area contributed by atoms with E-state index in [0.29, 0.717) is 5.56 Å². The number of carbonyl (C=O) groups is 1. The summed E-state index contributed by atoms with van der Waals surface area (Å²) >= 11 is 0. The highest BCUT2D eigenvalue weighted by molar-refractivity contribution is 6.04. The first kappa shape index (κ1) is 18.2. The van der Waals surface area contributed by atoms with Gasteiger partial charge in [-0.25, -0.2) is 0 Å². The van der Waals surface area contributed by atoms with E-state index in [1.54, 1.807) is 10.9 Å². The SMILES string of the molecule is Cc1c(NC(=O)c2cccc(CN3CC[C@@H]4CCCC[C@H]4C3)c2)cnn1C. The number of fused-ring (bicyclic) bond motifs is 1. The molecule has 1 amide bonds. The normalized spacial score (nSPS) is 23.0. The van der Waals surface area contributed by atoms with Crippen LogP contribution in [0.1, 0.15) is 53.7 Å². The van der Waals surface area contributed by atoms with Crippen LogP contribution in [0.4, 0.5) is 5.69 Å². The lowest BCUT2D eigenvalue weighted by Crippen LogP contribution is -2.41. The van der Waals surface area contributed by atoms with Crippen molar-refractivity contribution in [2.45, 2.75) is 45.6 Å². The van der Waals surface area contributed by atoms with Gasteiger partial charge in [0.15, 0.2) is 0 Å². The standard InChI is InChI=1S/C22H30N4O/c1-16-21(13-23-25(16)2)24-22(27)19-9-5-6-17(12-19)14-26-11-10-18-7-3-4-8-20(18)15-26/h5-6,9,12-13,18,20H,3-4,7-8,10-11,14-15H2,1-2H3,(H,24,27)/t18-,20-/m0/s1. The molecule has 1 aliphatic carbocycles. The number of carbonyl (C=O) groups excluding carboxylic acids is 1. The second-order valence-corrected chi connectivity index (χ2v) is 8.25. The van der Waals surface area contributed by atoms with Gasteiger partial charge in [-0.1, -0.05) is 31.4 Å². The first-order chi connectivity index (χ1) is 13.1. The number of hydrogen-bond acceptors (Lipinski definition) is 3. The number of aromatic nitrogens is 2. The number of rotatable bonds is 4. The van der Waals surface area contributed by atoms with Gasteiger partial charge in [0.2, 0.25) is 0 Å². The van der Waals surface area contributed by atoms with Gasteiger partial charge in [-0.05, 0) is 55.8 Å². The largest absolute Gasteiger partial charge is 0.319 e. The molecule has 5 heteroatoms. The number of anilines is 1. The molecule has 0 unspecified atom stereocenters. The zero-order valence-corrected chi connectivity index (χ0v) is 16.4. The Morgan fingerprint density at radius 2 is 2.04 bits per heavy atom. The number of amides is 1.